The van der Waals surface area contributed by atoms with E-state index in [0.29, 0.717) is 10.8 Å². The smallest absolute Gasteiger partial charge is 0.243 e. The first kappa shape index (κ1) is 24.2. The summed E-state index contributed by atoms with van der Waals surface area (Å²) in [6, 6.07) is 16.5. The van der Waals surface area contributed by atoms with E-state index in [1.54, 1.807) is 43.1 Å². The molecule has 0 fully saturated rings. The zero-order valence-electron chi connectivity index (χ0n) is 19.8. The lowest BCUT2D eigenvalue weighted by molar-refractivity contribution is 0.416. The molecule has 3 aromatic carbocycles. The summed E-state index contributed by atoms with van der Waals surface area (Å²) >= 11 is 6.47. The van der Waals surface area contributed by atoms with Gasteiger partial charge >= 0.3 is 0 Å². The summed E-state index contributed by atoms with van der Waals surface area (Å²) in [5.41, 5.74) is 5.34. The highest BCUT2D eigenvalue weighted by Gasteiger charge is 2.22. The van der Waals surface area contributed by atoms with E-state index in [-0.39, 0.29) is 17.4 Å². The maximum atomic E-state index is 13.1. The number of ether oxygens (including phenoxy) is 1. The van der Waals surface area contributed by atoms with Crippen LogP contribution in [0.3, 0.4) is 0 Å². The van der Waals surface area contributed by atoms with Crippen LogP contribution in [0.25, 0.3) is 11.0 Å². The normalized spacial score (nSPS) is 12.9. The van der Waals surface area contributed by atoms with E-state index in [1.807, 2.05) is 44.3 Å². The minimum atomic E-state index is -3.65. The van der Waals surface area contributed by atoms with Gasteiger partial charge in [-0.2, -0.15) is 4.31 Å². The van der Waals surface area contributed by atoms with Crippen molar-refractivity contribution in [2.75, 3.05) is 14.2 Å². The van der Waals surface area contributed by atoms with Crippen molar-refractivity contribution in [2.24, 2.45) is 7.05 Å². The van der Waals surface area contributed by atoms with Crippen LogP contribution in [0.15, 0.2) is 59.5 Å². The number of aromatic nitrogens is 3. The van der Waals surface area contributed by atoms with Crippen LogP contribution in [0.1, 0.15) is 35.1 Å². The fourth-order valence-electron chi connectivity index (χ4n) is 3.97. The molecule has 4 aromatic rings. The maximum absolute atomic E-state index is 13.1. The number of nitrogens with zero attached hydrogens (tertiary/aromatic N) is 4. The second kappa shape index (κ2) is 9.37. The van der Waals surface area contributed by atoms with E-state index in [9.17, 15) is 8.42 Å². The second-order valence-electron chi connectivity index (χ2n) is 8.45. The summed E-state index contributed by atoms with van der Waals surface area (Å²) in [7, 11) is 1.37. The lowest BCUT2D eigenvalue weighted by Gasteiger charge is -2.20. The molecule has 7 nitrogen and oxygen atoms in total. The minimum absolute atomic E-state index is 0.00432. The number of benzene rings is 3. The fraction of sp³-hybridized carbons (Fsp3) is 0.280. The van der Waals surface area contributed by atoms with Crippen molar-refractivity contribution in [3.8, 4) is 5.75 Å². The maximum Gasteiger partial charge on any atom is 0.243 e. The van der Waals surface area contributed by atoms with Gasteiger partial charge < -0.3 is 4.74 Å². The molecule has 0 spiro atoms. The van der Waals surface area contributed by atoms with Gasteiger partial charge in [-0.05, 0) is 53.9 Å². The third-order valence-corrected chi connectivity index (χ3v) is 8.29. The predicted octanol–water partition coefficient (Wildman–Crippen LogP) is 4.91. The Hall–Kier alpha value is -2.94. The molecule has 0 N–H and O–H groups in total. The topological polar surface area (TPSA) is 77.3 Å². The van der Waals surface area contributed by atoms with Gasteiger partial charge in [-0.1, -0.05) is 53.6 Å². The summed E-state index contributed by atoms with van der Waals surface area (Å²) < 4.78 is 34.7. The van der Waals surface area contributed by atoms with Gasteiger partial charge in [0.15, 0.2) is 0 Å². The average Bonchev–Trinajstić information content (AvgIpc) is 3.20. The highest BCUT2D eigenvalue weighted by molar-refractivity contribution is 7.89. The average molecular weight is 499 g/mol. The van der Waals surface area contributed by atoms with Crippen molar-refractivity contribution < 1.29 is 13.2 Å². The Morgan fingerprint density at radius 3 is 2.47 bits per heavy atom. The Kier molecular flexibility index (Phi) is 6.66. The van der Waals surface area contributed by atoms with Crippen molar-refractivity contribution in [3.05, 3.63) is 81.9 Å². The summed E-state index contributed by atoms with van der Waals surface area (Å²) in [6.45, 7) is 4.16. The molecule has 4 rings (SSSR count). The number of hydrogen-bond donors (Lipinski definition) is 0. The van der Waals surface area contributed by atoms with Gasteiger partial charge in [0.05, 0.1) is 12.0 Å². The molecular formula is C25H27ClN4O3S. The Labute approximate surface area is 205 Å². The molecule has 1 heterocycles. The van der Waals surface area contributed by atoms with E-state index in [4.69, 9.17) is 16.3 Å². The molecule has 0 bridgehead atoms. The standard InChI is InChI=1S/C25H27ClN4O3S/c1-16-6-9-21(10-7-16)34(31,32)29(3)15-20-12-18(8-11-22(20)26)17(2)19-13-23-25(24(14-19)33-5)30(4)28-27-23/h6-14,17H,15H2,1-5H3. The third kappa shape index (κ3) is 4.53. The van der Waals surface area contributed by atoms with Crippen LogP contribution >= 0.6 is 11.6 Å². The Balaban J connectivity index is 1.64. The molecule has 34 heavy (non-hydrogen) atoms. The second-order valence-corrected chi connectivity index (χ2v) is 10.9. The van der Waals surface area contributed by atoms with E-state index in [0.717, 1.165) is 33.3 Å². The van der Waals surface area contributed by atoms with Crippen LogP contribution in [-0.4, -0.2) is 41.9 Å². The molecule has 1 atom stereocenters. The number of fused-ring (bicyclic) bond motifs is 1. The van der Waals surface area contributed by atoms with Crippen molar-refractivity contribution in [2.45, 2.75) is 31.2 Å². The summed E-state index contributed by atoms with van der Waals surface area (Å²) in [4.78, 5) is 0.255. The van der Waals surface area contributed by atoms with Gasteiger partial charge in [0.25, 0.3) is 0 Å². The zero-order chi connectivity index (χ0) is 24.6. The van der Waals surface area contributed by atoms with Crippen molar-refractivity contribution in [3.63, 3.8) is 0 Å². The molecule has 178 valence electrons. The van der Waals surface area contributed by atoms with Crippen LogP contribution < -0.4 is 4.74 Å². The lowest BCUT2D eigenvalue weighted by atomic mass is 9.91. The lowest BCUT2D eigenvalue weighted by Crippen LogP contribution is -2.26. The van der Waals surface area contributed by atoms with Crippen LogP contribution in [0, 0.1) is 6.92 Å². The molecule has 0 saturated heterocycles. The Morgan fingerprint density at radius 1 is 1.09 bits per heavy atom. The molecule has 1 unspecified atom stereocenters. The molecule has 0 aliphatic carbocycles. The third-order valence-electron chi connectivity index (χ3n) is 6.10. The monoisotopic (exact) mass is 498 g/mol. The van der Waals surface area contributed by atoms with E-state index >= 15 is 0 Å². The molecule has 0 saturated carbocycles. The highest BCUT2D eigenvalue weighted by atomic mass is 35.5. The van der Waals surface area contributed by atoms with Gasteiger partial charge in [-0.3, -0.25) is 0 Å². The van der Waals surface area contributed by atoms with Crippen LogP contribution in [0.2, 0.25) is 5.02 Å². The zero-order valence-corrected chi connectivity index (χ0v) is 21.4. The SMILES string of the molecule is COc1cc(C(C)c2ccc(Cl)c(CN(C)S(=O)(=O)c3ccc(C)cc3)c2)cc2nnn(C)c12. The van der Waals surface area contributed by atoms with Gasteiger partial charge in [-0.15, -0.1) is 5.10 Å². The number of sulfonamides is 1. The molecule has 1 aromatic heterocycles. The van der Waals surface area contributed by atoms with Crippen molar-refractivity contribution in [1.29, 1.82) is 0 Å². The van der Waals surface area contributed by atoms with E-state index in [1.165, 1.54) is 4.31 Å². The number of hydrogen-bond acceptors (Lipinski definition) is 5. The van der Waals surface area contributed by atoms with Crippen LogP contribution in [0.4, 0.5) is 0 Å². The predicted molar refractivity (Wildman–Crippen MR) is 134 cm³/mol. The quantitative estimate of drug-likeness (QED) is 0.362. The van der Waals surface area contributed by atoms with Crippen molar-refractivity contribution in [1.82, 2.24) is 19.3 Å². The molecular weight excluding hydrogens is 472 g/mol. The van der Waals surface area contributed by atoms with Gasteiger partial charge in [0.2, 0.25) is 10.0 Å². The number of methoxy groups -OCH3 is 1. The van der Waals surface area contributed by atoms with Crippen LogP contribution in [0.5, 0.6) is 5.75 Å². The van der Waals surface area contributed by atoms with Gasteiger partial charge in [-0.25, -0.2) is 13.1 Å². The van der Waals surface area contributed by atoms with E-state index < -0.39 is 10.0 Å². The van der Waals surface area contributed by atoms with Gasteiger partial charge in [0, 0.05) is 31.6 Å². The van der Waals surface area contributed by atoms with Crippen LogP contribution in [-0.2, 0) is 23.6 Å². The Bertz CT molecular complexity index is 1450. The summed E-state index contributed by atoms with van der Waals surface area (Å²) in [6.07, 6.45) is 0. The summed E-state index contributed by atoms with van der Waals surface area (Å²) in [5, 5.41) is 8.85. The fourth-order valence-corrected chi connectivity index (χ4v) is 5.30. The first-order chi connectivity index (χ1) is 16.1. The first-order valence-corrected chi connectivity index (χ1v) is 12.6. The van der Waals surface area contributed by atoms with Crippen molar-refractivity contribution >= 4 is 32.7 Å². The molecule has 9 heteroatoms. The minimum Gasteiger partial charge on any atom is -0.494 e. The molecule has 0 amide bonds. The largest absolute Gasteiger partial charge is 0.494 e. The summed E-state index contributed by atoms with van der Waals surface area (Å²) in [5.74, 6) is 0.695. The number of aryl methyl sites for hydroxylation is 2. The highest BCUT2D eigenvalue weighted by Crippen LogP contribution is 2.34. The first-order valence-electron chi connectivity index (χ1n) is 10.8. The number of halogens is 1. The van der Waals surface area contributed by atoms with Gasteiger partial charge in [0.1, 0.15) is 16.8 Å². The molecule has 0 radical (unpaired) electrons. The molecule has 0 aliphatic rings. The van der Waals surface area contributed by atoms with E-state index in [2.05, 4.69) is 17.2 Å². The number of rotatable bonds is 7. The Morgan fingerprint density at radius 2 is 1.79 bits per heavy atom. The molecule has 0 aliphatic heterocycles.